The van der Waals surface area contributed by atoms with Crippen molar-refractivity contribution in [3.8, 4) is 17.2 Å². The summed E-state index contributed by atoms with van der Waals surface area (Å²) in [5, 5.41) is 2.70. The van der Waals surface area contributed by atoms with E-state index in [1.54, 1.807) is 32.0 Å². The third kappa shape index (κ3) is 3.50. The van der Waals surface area contributed by atoms with E-state index in [0.717, 1.165) is 0 Å². The zero-order valence-electron chi connectivity index (χ0n) is 15.3. The van der Waals surface area contributed by atoms with Crippen molar-refractivity contribution in [2.75, 3.05) is 24.3 Å². The lowest BCUT2D eigenvalue weighted by atomic mass is 10.1. The Balaban J connectivity index is 1.98. The first kappa shape index (κ1) is 18.8. The minimum atomic E-state index is -3.94. The average Bonchev–Trinajstić information content (AvgIpc) is 2.62. The third-order valence-electron chi connectivity index (χ3n) is 4.09. The van der Waals surface area contributed by atoms with Gasteiger partial charge < -0.3 is 19.5 Å². The van der Waals surface area contributed by atoms with Gasteiger partial charge in [-0.05, 0) is 38.1 Å². The van der Waals surface area contributed by atoms with Gasteiger partial charge >= 0.3 is 0 Å². The van der Waals surface area contributed by atoms with Gasteiger partial charge in [-0.25, -0.2) is 8.42 Å². The molecule has 0 aromatic heterocycles. The molecular weight excluding hydrogens is 372 g/mol. The standard InChI is InChI=1S/C18H20N2O6S/c1-18(2)17(21)19-16-12(6-5-7-14(16)26-18)20-27(22,23)11-8-9-13(24-3)15(10-11)25-4/h5-10,20H,1-4H3,(H,19,21). The molecule has 0 saturated carbocycles. The molecule has 0 saturated heterocycles. The molecule has 0 fully saturated rings. The molecule has 3 rings (SSSR count). The first-order chi connectivity index (χ1) is 12.7. The van der Waals surface area contributed by atoms with Crippen molar-refractivity contribution in [1.29, 1.82) is 0 Å². The van der Waals surface area contributed by atoms with Crippen molar-refractivity contribution < 1.29 is 27.4 Å². The number of carbonyl (C=O) groups excluding carboxylic acids is 1. The molecule has 0 unspecified atom stereocenters. The number of sulfonamides is 1. The molecule has 2 N–H and O–H groups in total. The van der Waals surface area contributed by atoms with Crippen LogP contribution in [0, 0.1) is 0 Å². The highest BCUT2D eigenvalue weighted by Crippen LogP contribution is 2.40. The molecule has 144 valence electrons. The zero-order chi connectivity index (χ0) is 19.8. The molecule has 1 heterocycles. The van der Waals surface area contributed by atoms with Gasteiger partial charge in [-0.1, -0.05) is 6.07 Å². The van der Waals surface area contributed by atoms with Crippen molar-refractivity contribution >= 4 is 27.3 Å². The lowest BCUT2D eigenvalue weighted by Gasteiger charge is -2.32. The van der Waals surface area contributed by atoms with Gasteiger partial charge in [0, 0.05) is 6.07 Å². The Kier molecular flexibility index (Phi) is 4.64. The molecule has 0 atom stereocenters. The SMILES string of the molecule is COc1ccc(S(=O)(=O)Nc2cccc3c2NC(=O)C(C)(C)O3)cc1OC. The second-order valence-corrected chi connectivity index (χ2v) is 8.05. The summed E-state index contributed by atoms with van der Waals surface area (Å²) in [6.45, 7) is 3.26. The summed E-state index contributed by atoms with van der Waals surface area (Å²) < 4.78 is 44.0. The summed E-state index contributed by atoms with van der Waals surface area (Å²) in [6.07, 6.45) is 0. The van der Waals surface area contributed by atoms with Crippen LogP contribution in [0.2, 0.25) is 0 Å². The predicted molar refractivity (Wildman–Crippen MR) is 100 cm³/mol. The number of carbonyl (C=O) groups is 1. The predicted octanol–water partition coefficient (Wildman–Crippen LogP) is 2.61. The average molecular weight is 392 g/mol. The molecular formula is C18H20N2O6S. The highest BCUT2D eigenvalue weighted by Gasteiger charge is 2.36. The fourth-order valence-electron chi connectivity index (χ4n) is 2.60. The van der Waals surface area contributed by atoms with Crippen LogP contribution in [0.15, 0.2) is 41.3 Å². The summed E-state index contributed by atoms with van der Waals surface area (Å²) in [4.78, 5) is 12.2. The van der Waals surface area contributed by atoms with Crippen LogP contribution >= 0.6 is 0 Å². The Morgan fingerprint density at radius 1 is 1.07 bits per heavy atom. The second-order valence-electron chi connectivity index (χ2n) is 6.37. The van der Waals surface area contributed by atoms with Crippen LogP contribution in [0.1, 0.15) is 13.8 Å². The lowest BCUT2D eigenvalue weighted by Crippen LogP contribution is -2.45. The molecule has 1 amide bonds. The zero-order valence-corrected chi connectivity index (χ0v) is 16.1. The Labute approximate surface area is 157 Å². The van der Waals surface area contributed by atoms with Gasteiger partial charge in [0.15, 0.2) is 17.1 Å². The maximum Gasteiger partial charge on any atom is 0.268 e. The highest BCUT2D eigenvalue weighted by molar-refractivity contribution is 7.92. The molecule has 0 bridgehead atoms. The number of para-hydroxylation sites is 1. The minimum Gasteiger partial charge on any atom is -0.493 e. The van der Waals surface area contributed by atoms with Crippen LogP contribution in [0.5, 0.6) is 17.2 Å². The van der Waals surface area contributed by atoms with Crippen molar-refractivity contribution in [2.45, 2.75) is 24.3 Å². The molecule has 2 aromatic rings. The number of fused-ring (bicyclic) bond motifs is 1. The minimum absolute atomic E-state index is 0.0128. The second kappa shape index (κ2) is 6.66. The topological polar surface area (TPSA) is 103 Å². The van der Waals surface area contributed by atoms with E-state index in [1.165, 1.54) is 32.4 Å². The number of ether oxygens (including phenoxy) is 3. The third-order valence-corrected chi connectivity index (χ3v) is 5.45. The van der Waals surface area contributed by atoms with E-state index in [0.29, 0.717) is 11.5 Å². The van der Waals surface area contributed by atoms with E-state index in [9.17, 15) is 13.2 Å². The van der Waals surface area contributed by atoms with Crippen LogP contribution in [0.4, 0.5) is 11.4 Å². The monoisotopic (exact) mass is 392 g/mol. The lowest BCUT2D eigenvalue weighted by molar-refractivity contribution is -0.129. The van der Waals surface area contributed by atoms with Crippen LogP contribution in [0.3, 0.4) is 0 Å². The molecule has 0 aliphatic carbocycles. The first-order valence-electron chi connectivity index (χ1n) is 8.06. The fraction of sp³-hybridized carbons (Fsp3) is 0.278. The largest absolute Gasteiger partial charge is 0.493 e. The van der Waals surface area contributed by atoms with Crippen molar-refractivity contribution in [3.05, 3.63) is 36.4 Å². The maximum atomic E-state index is 12.8. The normalized spacial score (nSPS) is 15.2. The van der Waals surface area contributed by atoms with E-state index in [2.05, 4.69) is 10.0 Å². The Morgan fingerprint density at radius 3 is 2.44 bits per heavy atom. The molecule has 2 aromatic carbocycles. The Hall–Kier alpha value is -2.94. The number of benzene rings is 2. The smallest absolute Gasteiger partial charge is 0.268 e. The highest BCUT2D eigenvalue weighted by atomic mass is 32.2. The van der Waals surface area contributed by atoms with E-state index in [1.807, 2.05) is 0 Å². The molecule has 27 heavy (non-hydrogen) atoms. The van der Waals surface area contributed by atoms with Gasteiger partial charge in [-0.2, -0.15) is 0 Å². The number of amides is 1. The van der Waals surface area contributed by atoms with E-state index in [4.69, 9.17) is 14.2 Å². The molecule has 8 nitrogen and oxygen atoms in total. The fourth-order valence-corrected chi connectivity index (χ4v) is 3.69. The van der Waals surface area contributed by atoms with Gasteiger partial charge in [-0.15, -0.1) is 0 Å². The Bertz CT molecular complexity index is 1000. The molecule has 0 spiro atoms. The van der Waals surface area contributed by atoms with Gasteiger partial charge in [-0.3, -0.25) is 9.52 Å². The number of rotatable bonds is 5. The number of anilines is 2. The molecule has 9 heteroatoms. The summed E-state index contributed by atoms with van der Waals surface area (Å²) >= 11 is 0. The number of hydrogen-bond acceptors (Lipinski definition) is 6. The quantitative estimate of drug-likeness (QED) is 0.811. The maximum absolute atomic E-state index is 12.8. The van der Waals surface area contributed by atoms with Gasteiger partial charge in [0.1, 0.15) is 11.4 Å². The van der Waals surface area contributed by atoms with Crippen molar-refractivity contribution in [3.63, 3.8) is 0 Å². The van der Waals surface area contributed by atoms with Gasteiger partial charge in [0.2, 0.25) is 0 Å². The summed E-state index contributed by atoms with van der Waals surface area (Å²) in [5.41, 5.74) is -0.578. The summed E-state index contributed by atoms with van der Waals surface area (Å²) in [6, 6.07) is 9.09. The number of hydrogen-bond donors (Lipinski definition) is 2. The summed E-state index contributed by atoms with van der Waals surface area (Å²) in [7, 11) is -1.06. The van der Waals surface area contributed by atoms with Crippen LogP contribution in [-0.4, -0.2) is 34.1 Å². The molecule has 1 aliphatic heterocycles. The molecule has 0 radical (unpaired) electrons. The van der Waals surface area contributed by atoms with Crippen LogP contribution < -0.4 is 24.2 Å². The summed E-state index contributed by atoms with van der Waals surface area (Å²) in [5.74, 6) is 0.713. The molecule has 1 aliphatic rings. The number of methoxy groups -OCH3 is 2. The van der Waals surface area contributed by atoms with Crippen LogP contribution in [-0.2, 0) is 14.8 Å². The number of nitrogens with one attached hydrogen (secondary N) is 2. The van der Waals surface area contributed by atoms with E-state index in [-0.39, 0.29) is 27.9 Å². The Morgan fingerprint density at radius 2 is 1.78 bits per heavy atom. The first-order valence-corrected chi connectivity index (χ1v) is 9.54. The van der Waals surface area contributed by atoms with E-state index >= 15 is 0 Å². The van der Waals surface area contributed by atoms with Crippen molar-refractivity contribution in [2.24, 2.45) is 0 Å². The van der Waals surface area contributed by atoms with Gasteiger partial charge in [0.25, 0.3) is 15.9 Å². The van der Waals surface area contributed by atoms with E-state index < -0.39 is 15.6 Å². The van der Waals surface area contributed by atoms with Gasteiger partial charge in [0.05, 0.1) is 24.8 Å². The van der Waals surface area contributed by atoms with Crippen LogP contribution in [0.25, 0.3) is 0 Å². The van der Waals surface area contributed by atoms with Crippen molar-refractivity contribution in [1.82, 2.24) is 0 Å².